The van der Waals surface area contributed by atoms with Crippen molar-refractivity contribution in [1.82, 2.24) is 4.90 Å². The number of rotatable bonds is 2. The highest BCUT2D eigenvalue weighted by Crippen LogP contribution is 2.22. The van der Waals surface area contributed by atoms with Gasteiger partial charge in [0.2, 0.25) is 5.82 Å². The molecule has 1 aromatic rings. The van der Waals surface area contributed by atoms with E-state index in [0.717, 1.165) is 0 Å². The Kier molecular flexibility index (Phi) is 4.23. The molecule has 6 nitrogen and oxygen atoms in total. The molecule has 1 aliphatic heterocycles. The maximum absolute atomic E-state index is 13.7. The molecule has 8 heteroatoms. The Morgan fingerprint density at radius 1 is 1.25 bits per heavy atom. The first-order valence-electron chi connectivity index (χ1n) is 6.01. The van der Waals surface area contributed by atoms with Crippen LogP contribution in [-0.2, 0) is 4.74 Å². The van der Waals surface area contributed by atoms with Crippen LogP contribution in [0.15, 0.2) is 12.1 Å². The van der Waals surface area contributed by atoms with E-state index in [4.69, 9.17) is 4.74 Å². The summed E-state index contributed by atoms with van der Waals surface area (Å²) in [4.78, 5) is 22.9. The number of carbonyl (C=O) groups is 1. The molecule has 0 aliphatic carbocycles. The van der Waals surface area contributed by atoms with Gasteiger partial charge in [0.1, 0.15) is 5.82 Å². The largest absolute Gasteiger partial charge is 0.380 e. The Hall–Kier alpha value is -2.09. The lowest BCUT2D eigenvalue weighted by Crippen LogP contribution is -2.33. The minimum Gasteiger partial charge on any atom is -0.380 e. The molecule has 2 rings (SSSR count). The third-order valence-corrected chi connectivity index (χ3v) is 2.97. The SMILES string of the molecule is O=C(c1cc(F)c([N+](=O)[O-])cc1F)N1CCCOCC1. The quantitative estimate of drug-likeness (QED) is 0.613. The van der Waals surface area contributed by atoms with Crippen molar-refractivity contribution in [1.29, 1.82) is 0 Å². The van der Waals surface area contributed by atoms with Gasteiger partial charge in [0, 0.05) is 19.7 Å². The second kappa shape index (κ2) is 5.91. The second-order valence-electron chi connectivity index (χ2n) is 4.30. The molecule has 0 N–H and O–H groups in total. The number of carbonyl (C=O) groups excluding carboxylic acids is 1. The summed E-state index contributed by atoms with van der Waals surface area (Å²) < 4.78 is 32.4. The van der Waals surface area contributed by atoms with Gasteiger partial charge in [0.15, 0.2) is 0 Å². The van der Waals surface area contributed by atoms with E-state index in [1.165, 1.54) is 4.90 Å². The molecule has 0 aromatic heterocycles. The van der Waals surface area contributed by atoms with Crippen LogP contribution >= 0.6 is 0 Å². The Labute approximate surface area is 113 Å². The van der Waals surface area contributed by atoms with Crippen LogP contribution in [0.25, 0.3) is 0 Å². The van der Waals surface area contributed by atoms with Crippen LogP contribution in [0.5, 0.6) is 0 Å². The summed E-state index contributed by atoms with van der Waals surface area (Å²) >= 11 is 0. The first-order valence-corrected chi connectivity index (χ1v) is 6.01. The van der Waals surface area contributed by atoms with Gasteiger partial charge in [0.05, 0.1) is 23.2 Å². The summed E-state index contributed by atoms with van der Waals surface area (Å²) in [5.74, 6) is -3.03. The minimum absolute atomic E-state index is 0.275. The third kappa shape index (κ3) is 2.90. The maximum Gasteiger partial charge on any atom is 0.307 e. The zero-order valence-electron chi connectivity index (χ0n) is 10.5. The van der Waals surface area contributed by atoms with Crippen molar-refractivity contribution in [3.8, 4) is 0 Å². The molecule has 1 heterocycles. The summed E-state index contributed by atoms with van der Waals surface area (Å²) in [6, 6.07) is 0.998. The summed E-state index contributed by atoms with van der Waals surface area (Å²) in [5, 5.41) is 10.5. The van der Waals surface area contributed by atoms with Gasteiger partial charge >= 0.3 is 5.69 Å². The highest BCUT2D eigenvalue weighted by atomic mass is 19.1. The maximum atomic E-state index is 13.7. The lowest BCUT2D eigenvalue weighted by atomic mass is 10.1. The molecule has 0 radical (unpaired) electrons. The molecular formula is C12H12F2N2O4. The molecule has 1 aliphatic rings. The van der Waals surface area contributed by atoms with E-state index in [9.17, 15) is 23.7 Å². The highest BCUT2D eigenvalue weighted by molar-refractivity contribution is 5.94. The van der Waals surface area contributed by atoms with Gasteiger partial charge in [-0.2, -0.15) is 4.39 Å². The van der Waals surface area contributed by atoms with Crippen molar-refractivity contribution in [3.63, 3.8) is 0 Å². The number of benzene rings is 1. The highest BCUT2D eigenvalue weighted by Gasteiger charge is 2.25. The van der Waals surface area contributed by atoms with Gasteiger partial charge in [-0.3, -0.25) is 14.9 Å². The fraction of sp³-hybridized carbons (Fsp3) is 0.417. The predicted molar refractivity (Wildman–Crippen MR) is 64.4 cm³/mol. The van der Waals surface area contributed by atoms with Gasteiger partial charge in [-0.05, 0) is 12.5 Å². The van der Waals surface area contributed by atoms with Gasteiger partial charge in [-0.25, -0.2) is 4.39 Å². The Bertz CT molecular complexity index is 543. The number of amides is 1. The van der Waals surface area contributed by atoms with Crippen LogP contribution in [0.4, 0.5) is 14.5 Å². The third-order valence-electron chi connectivity index (χ3n) is 2.97. The van der Waals surface area contributed by atoms with E-state index in [2.05, 4.69) is 0 Å². The molecule has 0 bridgehead atoms. The van der Waals surface area contributed by atoms with Gasteiger partial charge in [-0.15, -0.1) is 0 Å². The van der Waals surface area contributed by atoms with Gasteiger partial charge < -0.3 is 9.64 Å². The average molecular weight is 286 g/mol. The number of hydrogen-bond acceptors (Lipinski definition) is 4. The van der Waals surface area contributed by atoms with Crippen LogP contribution in [0.2, 0.25) is 0 Å². The van der Waals surface area contributed by atoms with E-state index in [1.807, 2.05) is 0 Å². The van der Waals surface area contributed by atoms with Crippen molar-refractivity contribution in [3.05, 3.63) is 39.4 Å². The van der Waals surface area contributed by atoms with Gasteiger partial charge in [-0.1, -0.05) is 0 Å². The van der Waals surface area contributed by atoms with E-state index in [-0.39, 0.29) is 6.54 Å². The number of nitro groups is 1. The summed E-state index contributed by atoms with van der Waals surface area (Å²) in [7, 11) is 0. The van der Waals surface area contributed by atoms with Crippen LogP contribution in [-0.4, -0.2) is 42.0 Å². The fourth-order valence-electron chi connectivity index (χ4n) is 1.96. The monoisotopic (exact) mass is 286 g/mol. The van der Waals surface area contributed by atoms with E-state index >= 15 is 0 Å². The smallest absolute Gasteiger partial charge is 0.307 e. The van der Waals surface area contributed by atoms with Crippen LogP contribution < -0.4 is 0 Å². The second-order valence-corrected chi connectivity index (χ2v) is 4.30. The minimum atomic E-state index is -1.23. The average Bonchev–Trinajstić information content (AvgIpc) is 2.68. The standard InChI is InChI=1S/C12H12F2N2O4/c13-9-7-11(16(18)19)10(14)6-8(9)12(17)15-2-1-4-20-5-3-15/h6-7H,1-5H2. The first-order chi connectivity index (χ1) is 9.50. The zero-order valence-corrected chi connectivity index (χ0v) is 10.5. The van der Waals surface area contributed by atoms with Crippen molar-refractivity contribution in [2.75, 3.05) is 26.3 Å². The zero-order chi connectivity index (χ0) is 14.7. The normalized spacial score (nSPS) is 15.8. The summed E-state index contributed by atoms with van der Waals surface area (Å²) in [5.41, 5.74) is -1.49. The molecule has 20 heavy (non-hydrogen) atoms. The lowest BCUT2D eigenvalue weighted by molar-refractivity contribution is -0.387. The molecule has 0 saturated carbocycles. The summed E-state index contributed by atoms with van der Waals surface area (Å²) in [6.07, 6.45) is 0.600. The molecule has 1 aromatic carbocycles. The molecule has 1 saturated heterocycles. The van der Waals surface area contributed by atoms with Crippen LogP contribution in [0.1, 0.15) is 16.8 Å². The van der Waals surface area contributed by atoms with Crippen molar-refractivity contribution in [2.45, 2.75) is 6.42 Å². The van der Waals surface area contributed by atoms with E-state index < -0.39 is 33.7 Å². The molecule has 0 spiro atoms. The number of halogens is 2. The van der Waals surface area contributed by atoms with Crippen LogP contribution in [0.3, 0.4) is 0 Å². The molecule has 1 amide bonds. The van der Waals surface area contributed by atoms with Crippen LogP contribution in [0, 0.1) is 21.7 Å². The van der Waals surface area contributed by atoms with Crippen molar-refractivity contribution < 1.29 is 23.2 Å². The lowest BCUT2D eigenvalue weighted by Gasteiger charge is -2.19. The molecular weight excluding hydrogens is 274 g/mol. The number of nitro benzene ring substituents is 1. The van der Waals surface area contributed by atoms with E-state index in [1.54, 1.807) is 0 Å². The molecule has 108 valence electrons. The topological polar surface area (TPSA) is 72.7 Å². The fourth-order valence-corrected chi connectivity index (χ4v) is 1.96. The number of nitrogens with zero attached hydrogens (tertiary/aromatic N) is 2. The van der Waals surface area contributed by atoms with Crippen molar-refractivity contribution in [2.24, 2.45) is 0 Å². The van der Waals surface area contributed by atoms with E-state index in [0.29, 0.717) is 38.3 Å². The Balaban J connectivity index is 2.29. The van der Waals surface area contributed by atoms with Gasteiger partial charge in [0.25, 0.3) is 5.91 Å². The number of ether oxygens (including phenoxy) is 1. The van der Waals surface area contributed by atoms with Crippen molar-refractivity contribution >= 4 is 11.6 Å². The number of hydrogen-bond donors (Lipinski definition) is 0. The molecule has 1 fully saturated rings. The molecule has 0 unspecified atom stereocenters. The first kappa shape index (κ1) is 14.3. The predicted octanol–water partition coefficient (Wildman–Crippen LogP) is 1.74. The Morgan fingerprint density at radius 3 is 2.70 bits per heavy atom. The Morgan fingerprint density at radius 2 is 2.00 bits per heavy atom. The molecule has 0 atom stereocenters. The summed E-state index contributed by atoms with van der Waals surface area (Å²) in [6.45, 7) is 1.47.